The summed E-state index contributed by atoms with van der Waals surface area (Å²) in [6.07, 6.45) is 0.0236. The number of benzene rings is 3. The molecule has 31 heavy (non-hydrogen) atoms. The summed E-state index contributed by atoms with van der Waals surface area (Å²) in [6.45, 7) is 6.15. The second kappa shape index (κ2) is 8.56. The maximum absolute atomic E-state index is 6.40. The molecule has 0 atom stereocenters. The third-order valence-corrected chi connectivity index (χ3v) is 6.65. The average molecular weight is 427 g/mol. The van der Waals surface area contributed by atoms with Gasteiger partial charge in [-0.25, -0.2) is 0 Å². The van der Waals surface area contributed by atoms with Crippen molar-refractivity contribution in [2.45, 2.75) is 30.0 Å². The van der Waals surface area contributed by atoms with Crippen molar-refractivity contribution in [2.75, 3.05) is 22.9 Å². The van der Waals surface area contributed by atoms with Crippen LogP contribution in [-0.2, 0) is 0 Å². The summed E-state index contributed by atoms with van der Waals surface area (Å²) in [5.41, 5.74) is 4.99. The molecular formula is C27H26N2OS. The zero-order valence-electron chi connectivity index (χ0n) is 17.9. The fourth-order valence-corrected chi connectivity index (χ4v) is 4.88. The van der Waals surface area contributed by atoms with Crippen LogP contribution in [0.15, 0.2) is 105 Å². The van der Waals surface area contributed by atoms with Crippen molar-refractivity contribution in [3.05, 3.63) is 108 Å². The van der Waals surface area contributed by atoms with Crippen LogP contribution in [0.25, 0.3) is 0 Å². The van der Waals surface area contributed by atoms with Gasteiger partial charge in [0.05, 0.1) is 0 Å². The molecule has 0 radical (unpaired) electrons. The van der Waals surface area contributed by atoms with Crippen LogP contribution in [0.4, 0.5) is 11.4 Å². The van der Waals surface area contributed by atoms with E-state index in [0.717, 1.165) is 23.9 Å². The Bertz CT molecular complexity index is 1080. The molecule has 2 heterocycles. The Morgan fingerprint density at radius 2 is 1.23 bits per heavy atom. The molecule has 0 bridgehead atoms. The van der Waals surface area contributed by atoms with Gasteiger partial charge in [0.1, 0.15) is 5.76 Å². The van der Waals surface area contributed by atoms with E-state index in [-0.39, 0.29) is 6.17 Å². The van der Waals surface area contributed by atoms with Crippen LogP contribution in [0.1, 0.15) is 23.1 Å². The van der Waals surface area contributed by atoms with E-state index in [0.29, 0.717) is 0 Å². The van der Waals surface area contributed by atoms with Gasteiger partial charge in [0.25, 0.3) is 0 Å². The Hall–Kier alpha value is -3.11. The summed E-state index contributed by atoms with van der Waals surface area (Å²) >= 11 is 1.66. The van der Waals surface area contributed by atoms with Gasteiger partial charge in [0.15, 0.2) is 11.3 Å². The fourth-order valence-electron chi connectivity index (χ4n) is 4.08. The average Bonchev–Trinajstić information content (AvgIpc) is 3.43. The monoisotopic (exact) mass is 426 g/mol. The first-order chi connectivity index (χ1) is 15.2. The number of anilines is 2. The molecule has 0 aliphatic carbocycles. The van der Waals surface area contributed by atoms with Crippen molar-refractivity contribution in [1.82, 2.24) is 0 Å². The van der Waals surface area contributed by atoms with E-state index in [4.69, 9.17) is 4.42 Å². The van der Waals surface area contributed by atoms with Gasteiger partial charge in [-0.2, -0.15) is 0 Å². The molecular weight excluding hydrogens is 400 g/mol. The molecule has 1 aliphatic rings. The lowest BCUT2D eigenvalue weighted by Gasteiger charge is -2.31. The van der Waals surface area contributed by atoms with E-state index in [9.17, 15) is 0 Å². The third-order valence-electron chi connectivity index (χ3n) is 5.72. The molecule has 3 nitrogen and oxygen atoms in total. The Morgan fingerprint density at radius 1 is 0.677 bits per heavy atom. The van der Waals surface area contributed by atoms with Crippen molar-refractivity contribution < 1.29 is 4.42 Å². The summed E-state index contributed by atoms with van der Waals surface area (Å²) in [6, 6.07) is 32.2. The van der Waals surface area contributed by atoms with Crippen LogP contribution in [0, 0.1) is 13.8 Å². The summed E-state index contributed by atoms with van der Waals surface area (Å²) in [5, 5.41) is 0.917. The van der Waals surface area contributed by atoms with Gasteiger partial charge in [-0.1, -0.05) is 65.4 Å². The Balaban J connectivity index is 1.49. The fraction of sp³-hybridized carbons (Fsp3) is 0.185. The predicted octanol–water partition coefficient (Wildman–Crippen LogP) is 7.07. The van der Waals surface area contributed by atoms with Crippen molar-refractivity contribution in [1.29, 1.82) is 0 Å². The van der Waals surface area contributed by atoms with E-state index < -0.39 is 0 Å². The molecule has 3 aromatic carbocycles. The molecule has 1 fully saturated rings. The molecule has 4 heteroatoms. The highest BCUT2D eigenvalue weighted by atomic mass is 32.2. The number of furan rings is 1. The maximum Gasteiger partial charge on any atom is 0.165 e. The first-order valence-corrected chi connectivity index (χ1v) is 11.5. The highest BCUT2D eigenvalue weighted by Gasteiger charge is 2.36. The summed E-state index contributed by atoms with van der Waals surface area (Å²) < 4.78 is 6.40. The molecule has 1 aliphatic heterocycles. The first kappa shape index (κ1) is 19.8. The highest BCUT2D eigenvalue weighted by molar-refractivity contribution is 7.99. The largest absolute Gasteiger partial charge is 0.450 e. The third kappa shape index (κ3) is 4.21. The van der Waals surface area contributed by atoms with Gasteiger partial charge >= 0.3 is 0 Å². The Morgan fingerprint density at radius 3 is 1.77 bits per heavy atom. The van der Waals surface area contributed by atoms with E-state index in [2.05, 4.69) is 109 Å². The van der Waals surface area contributed by atoms with Crippen LogP contribution >= 0.6 is 11.8 Å². The van der Waals surface area contributed by atoms with Crippen LogP contribution < -0.4 is 9.80 Å². The number of aryl methyl sites for hydroxylation is 2. The van der Waals surface area contributed by atoms with Gasteiger partial charge in [-0.05, 0) is 62.4 Å². The molecule has 156 valence electrons. The standard InChI is InChI=1S/C27H26N2OS/c1-20-8-12-22(13-9-20)28-18-19-29(23-14-10-21(2)11-15-23)27(28)25-16-17-26(30-25)31-24-6-4-3-5-7-24/h3-17,27H,18-19H2,1-2H3. The van der Waals surface area contributed by atoms with E-state index >= 15 is 0 Å². The minimum atomic E-state index is 0.0236. The number of nitrogens with zero attached hydrogens (tertiary/aromatic N) is 2. The smallest absolute Gasteiger partial charge is 0.165 e. The molecule has 0 N–H and O–H groups in total. The Labute approximate surface area is 188 Å². The van der Waals surface area contributed by atoms with Gasteiger partial charge in [-0.15, -0.1) is 0 Å². The summed E-state index contributed by atoms with van der Waals surface area (Å²) in [7, 11) is 0. The van der Waals surface area contributed by atoms with Gasteiger partial charge < -0.3 is 14.2 Å². The first-order valence-electron chi connectivity index (χ1n) is 10.7. The van der Waals surface area contributed by atoms with Crippen molar-refractivity contribution >= 4 is 23.1 Å². The molecule has 5 rings (SSSR count). The molecule has 0 spiro atoms. The van der Waals surface area contributed by atoms with Crippen LogP contribution in [-0.4, -0.2) is 13.1 Å². The molecule has 0 amide bonds. The predicted molar refractivity (Wildman–Crippen MR) is 129 cm³/mol. The molecule has 1 saturated heterocycles. The second-order valence-corrected chi connectivity index (χ2v) is 9.08. The van der Waals surface area contributed by atoms with Crippen molar-refractivity contribution in [3.63, 3.8) is 0 Å². The van der Waals surface area contributed by atoms with Gasteiger partial charge in [0, 0.05) is 29.4 Å². The van der Waals surface area contributed by atoms with Crippen LogP contribution in [0.2, 0.25) is 0 Å². The molecule has 0 saturated carbocycles. The van der Waals surface area contributed by atoms with Gasteiger partial charge in [0.2, 0.25) is 0 Å². The minimum Gasteiger partial charge on any atom is -0.450 e. The van der Waals surface area contributed by atoms with E-state index in [1.54, 1.807) is 11.8 Å². The molecule has 4 aromatic rings. The van der Waals surface area contributed by atoms with Gasteiger partial charge in [-0.3, -0.25) is 0 Å². The van der Waals surface area contributed by atoms with E-state index in [1.165, 1.54) is 27.4 Å². The van der Waals surface area contributed by atoms with Crippen LogP contribution in [0.3, 0.4) is 0 Å². The van der Waals surface area contributed by atoms with E-state index in [1.807, 2.05) is 6.07 Å². The Kier molecular flexibility index (Phi) is 5.47. The summed E-state index contributed by atoms with van der Waals surface area (Å²) in [5.74, 6) is 0.970. The number of rotatable bonds is 5. The normalized spacial score (nSPS) is 14.4. The van der Waals surface area contributed by atoms with Crippen LogP contribution in [0.5, 0.6) is 0 Å². The maximum atomic E-state index is 6.40. The lowest BCUT2D eigenvalue weighted by atomic mass is 10.2. The lowest BCUT2D eigenvalue weighted by molar-refractivity contribution is 0.403. The van der Waals surface area contributed by atoms with Crippen molar-refractivity contribution in [3.8, 4) is 0 Å². The zero-order chi connectivity index (χ0) is 21.2. The molecule has 1 aromatic heterocycles. The quantitative estimate of drug-likeness (QED) is 0.340. The number of hydrogen-bond donors (Lipinski definition) is 0. The summed E-state index contributed by atoms with van der Waals surface area (Å²) in [4.78, 5) is 6.06. The SMILES string of the molecule is Cc1ccc(N2CCN(c3ccc(C)cc3)C2c2ccc(Sc3ccccc3)o2)cc1. The second-order valence-electron chi connectivity index (χ2n) is 8.00. The highest BCUT2D eigenvalue weighted by Crippen LogP contribution is 2.40. The molecule has 0 unspecified atom stereocenters. The zero-order valence-corrected chi connectivity index (χ0v) is 18.7. The topological polar surface area (TPSA) is 19.6 Å². The lowest BCUT2D eigenvalue weighted by Crippen LogP contribution is -2.30. The van der Waals surface area contributed by atoms with Crippen molar-refractivity contribution in [2.24, 2.45) is 0 Å². The minimum absolute atomic E-state index is 0.0236. The number of hydrogen-bond acceptors (Lipinski definition) is 4.